The van der Waals surface area contributed by atoms with Gasteiger partial charge in [0.15, 0.2) is 0 Å². The average Bonchev–Trinajstić information content (AvgIpc) is 2.16. The Morgan fingerprint density at radius 2 is 2.00 bits per heavy atom. The maximum atomic E-state index is 7.60. The molecular weight excluding hydrogens is 225 g/mol. The Hall–Kier alpha value is -0.591. The van der Waals surface area contributed by atoms with E-state index in [0.29, 0.717) is 4.61 Å². The molecule has 0 saturated carbocycles. The molecule has 1 aromatic carbocycles. The van der Waals surface area contributed by atoms with E-state index in [1.54, 1.807) is 0 Å². The molecule has 0 unspecified atom stereocenters. The first-order valence-corrected chi connectivity index (χ1v) is 5.43. The van der Waals surface area contributed by atoms with Gasteiger partial charge in [0, 0.05) is 0 Å². The molecule has 1 radical (unpaired) electrons. The van der Waals surface area contributed by atoms with Crippen LogP contribution < -0.4 is 0 Å². The van der Waals surface area contributed by atoms with E-state index in [0.717, 1.165) is 18.4 Å². The van der Waals surface area contributed by atoms with Crippen molar-refractivity contribution in [1.29, 1.82) is 5.41 Å². The van der Waals surface area contributed by atoms with E-state index in [1.165, 1.54) is 11.1 Å². The van der Waals surface area contributed by atoms with Crippen LogP contribution in [-0.4, -0.2) is 20.6 Å². The van der Waals surface area contributed by atoms with Crippen LogP contribution in [0.25, 0.3) is 0 Å². The van der Waals surface area contributed by atoms with Crippen molar-refractivity contribution in [2.75, 3.05) is 0 Å². The standard InChI is InChI=1S/C11H14NSe/c1-3-8-6-5-7-10(11(12)13)9(8)4-2/h5-7,12H,3-4H2,1-2H3. The van der Waals surface area contributed by atoms with Crippen molar-refractivity contribution in [2.24, 2.45) is 0 Å². The SMILES string of the molecule is CCc1cccc(C(=N)[Se])c1CC. The Morgan fingerprint density at radius 3 is 2.46 bits per heavy atom. The van der Waals surface area contributed by atoms with Gasteiger partial charge in [-0.3, -0.25) is 0 Å². The molecule has 1 nitrogen and oxygen atoms in total. The van der Waals surface area contributed by atoms with Crippen LogP contribution in [0.1, 0.15) is 30.5 Å². The molecule has 0 aliphatic rings. The molecule has 0 saturated heterocycles. The first-order valence-electron chi connectivity index (χ1n) is 4.57. The van der Waals surface area contributed by atoms with E-state index in [-0.39, 0.29) is 0 Å². The van der Waals surface area contributed by atoms with Crippen molar-refractivity contribution >= 4 is 20.6 Å². The van der Waals surface area contributed by atoms with Crippen LogP contribution in [0.3, 0.4) is 0 Å². The monoisotopic (exact) mass is 240 g/mol. The number of hydrogen-bond acceptors (Lipinski definition) is 1. The molecule has 0 spiro atoms. The van der Waals surface area contributed by atoms with E-state index in [9.17, 15) is 0 Å². The van der Waals surface area contributed by atoms with Gasteiger partial charge in [0.25, 0.3) is 0 Å². The Labute approximate surface area is 87.9 Å². The first-order chi connectivity index (χ1) is 6.20. The molecule has 0 aliphatic carbocycles. The molecule has 0 fully saturated rings. The van der Waals surface area contributed by atoms with Gasteiger partial charge in [-0.1, -0.05) is 0 Å². The zero-order chi connectivity index (χ0) is 9.84. The van der Waals surface area contributed by atoms with Crippen molar-refractivity contribution in [3.8, 4) is 0 Å². The molecule has 0 atom stereocenters. The Morgan fingerprint density at radius 1 is 1.31 bits per heavy atom. The second-order valence-electron chi connectivity index (χ2n) is 2.98. The summed E-state index contributed by atoms with van der Waals surface area (Å²) in [5.41, 5.74) is 3.73. The molecular formula is C11H14NSe. The summed E-state index contributed by atoms with van der Waals surface area (Å²) in [4.78, 5) is 0. The number of hydrogen-bond donors (Lipinski definition) is 1. The van der Waals surface area contributed by atoms with E-state index < -0.39 is 0 Å². The number of aryl methyl sites for hydroxylation is 1. The van der Waals surface area contributed by atoms with Gasteiger partial charge in [-0.05, 0) is 0 Å². The molecule has 0 aromatic heterocycles. The summed E-state index contributed by atoms with van der Waals surface area (Å²) in [6.45, 7) is 4.29. The van der Waals surface area contributed by atoms with Crippen LogP contribution in [0, 0.1) is 5.41 Å². The molecule has 0 heterocycles. The van der Waals surface area contributed by atoms with Gasteiger partial charge in [0.1, 0.15) is 0 Å². The summed E-state index contributed by atoms with van der Waals surface area (Å²) >= 11 is 2.77. The third-order valence-corrected chi connectivity index (χ3v) is 2.71. The topological polar surface area (TPSA) is 23.9 Å². The van der Waals surface area contributed by atoms with E-state index >= 15 is 0 Å². The van der Waals surface area contributed by atoms with E-state index in [2.05, 4.69) is 35.9 Å². The van der Waals surface area contributed by atoms with Gasteiger partial charge >= 0.3 is 87.6 Å². The molecule has 2 heteroatoms. The van der Waals surface area contributed by atoms with Crippen molar-refractivity contribution < 1.29 is 0 Å². The summed E-state index contributed by atoms with van der Waals surface area (Å²) in [7, 11) is 0. The molecule has 1 rings (SSSR count). The fourth-order valence-electron chi connectivity index (χ4n) is 1.60. The quantitative estimate of drug-likeness (QED) is 0.618. The Balaban J connectivity index is 3.27. The van der Waals surface area contributed by atoms with Crippen LogP contribution in [0.15, 0.2) is 18.2 Å². The molecule has 1 N–H and O–H groups in total. The minimum absolute atomic E-state index is 0.548. The first kappa shape index (κ1) is 10.5. The zero-order valence-electron chi connectivity index (χ0n) is 8.05. The predicted molar refractivity (Wildman–Crippen MR) is 57.8 cm³/mol. The fraction of sp³-hybridized carbons (Fsp3) is 0.364. The average molecular weight is 239 g/mol. The second-order valence-corrected chi connectivity index (χ2v) is 3.84. The van der Waals surface area contributed by atoms with Crippen molar-refractivity contribution in [3.05, 3.63) is 34.9 Å². The Bertz CT molecular complexity index is 318. The van der Waals surface area contributed by atoms with Crippen molar-refractivity contribution in [3.63, 3.8) is 0 Å². The number of benzene rings is 1. The summed E-state index contributed by atoms with van der Waals surface area (Å²) in [6.07, 6.45) is 2.05. The molecule has 0 bridgehead atoms. The van der Waals surface area contributed by atoms with Crippen LogP contribution in [0.2, 0.25) is 0 Å². The minimum atomic E-state index is 0.548. The summed E-state index contributed by atoms with van der Waals surface area (Å²) in [5.74, 6) is 0. The van der Waals surface area contributed by atoms with Crippen molar-refractivity contribution in [2.45, 2.75) is 26.7 Å². The second kappa shape index (κ2) is 4.59. The summed E-state index contributed by atoms with van der Waals surface area (Å²) in [6, 6.07) is 6.18. The van der Waals surface area contributed by atoms with Crippen LogP contribution in [0.5, 0.6) is 0 Å². The maximum absolute atomic E-state index is 7.60. The van der Waals surface area contributed by atoms with Crippen LogP contribution >= 0.6 is 0 Å². The Kier molecular flexibility index (Phi) is 3.70. The number of nitrogens with one attached hydrogen (secondary N) is 1. The normalized spacial score (nSPS) is 10.0. The molecule has 69 valence electrons. The van der Waals surface area contributed by atoms with Gasteiger partial charge in [-0.15, -0.1) is 0 Å². The van der Waals surface area contributed by atoms with Gasteiger partial charge in [-0.25, -0.2) is 0 Å². The summed E-state index contributed by atoms with van der Waals surface area (Å²) in [5, 5.41) is 7.60. The predicted octanol–water partition coefficient (Wildman–Crippen LogP) is 2.31. The van der Waals surface area contributed by atoms with Crippen LogP contribution in [0.4, 0.5) is 0 Å². The van der Waals surface area contributed by atoms with Gasteiger partial charge in [0.2, 0.25) is 0 Å². The van der Waals surface area contributed by atoms with E-state index in [4.69, 9.17) is 5.41 Å². The van der Waals surface area contributed by atoms with Crippen LogP contribution in [-0.2, 0) is 12.8 Å². The molecule has 0 aliphatic heterocycles. The van der Waals surface area contributed by atoms with Crippen molar-refractivity contribution in [1.82, 2.24) is 0 Å². The third kappa shape index (κ3) is 2.20. The summed E-state index contributed by atoms with van der Waals surface area (Å²) < 4.78 is 0.548. The van der Waals surface area contributed by atoms with E-state index in [1.807, 2.05) is 12.1 Å². The van der Waals surface area contributed by atoms with Gasteiger partial charge in [-0.2, -0.15) is 0 Å². The number of rotatable bonds is 3. The van der Waals surface area contributed by atoms with Gasteiger partial charge < -0.3 is 0 Å². The van der Waals surface area contributed by atoms with Gasteiger partial charge in [0.05, 0.1) is 0 Å². The zero-order valence-corrected chi connectivity index (χ0v) is 9.77. The third-order valence-electron chi connectivity index (χ3n) is 2.25. The fourth-order valence-corrected chi connectivity index (χ4v) is 2.00. The molecule has 13 heavy (non-hydrogen) atoms. The molecule has 1 aromatic rings. The molecule has 0 amide bonds.